The lowest BCUT2D eigenvalue weighted by molar-refractivity contribution is -0.148. The molecule has 9 rings (SSSR count). The highest BCUT2D eigenvalue weighted by molar-refractivity contribution is 7.98. The van der Waals surface area contributed by atoms with Crippen LogP contribution in [-0.2, 0) is 83.5 Å². The van der Waals surface area contributed by atoms with E-state index in [0.717, 1.165) is 16.0 Å². The molecule has 4 heterocycles. The zero-order chi connectivity index (χ0) is 72.3. The minimum absolute atomic E-state index is 0.0327. The molecule has 0 spiro atoms. The molecule has 4 aliphatic rings. The van der Waals surface area contributed by atoms with Crippen molar-refractivity contribution in [3.63, 3.8) is 0 Å². The van der Waals surface area contributed by atoms with Crippen molar-refractivity contribution >= 4 is 99.3 Å². The molecule has 0 radical (unpaired) electrons. The third-order valence-corrected chi connectivity index (χ3v) is 21.9. The Kier molecular flexibility index (Phi) is 27.7. The number of imidazole rings is 1. The number of alkyl halides is 1. The van der Waals surface area contributed by atoms with Crippen LogP contribution in [0.2, 0.25) is 0 Å². The monoisotopic (exact) mass is 1440 g/mol. The summed E-state index contributed by atoms with van der Waals surface area (Å²) >= 11 is 2.89. The number of Topliss-reactive ketones (excluding diaryl/α,β-unsaturated/α-hetero) is 1. The number of fused-ring (bicyclic) bond motifs is 5. The number of nitrogens with two attached hydrogens (primary N) is 2. The largest absolute Gasteiger partial charge is 0.508 e. The number of nitrogens with zero attached hydrogens (tertiary/aromatic N) is 3. The van der Waals surface area contributed by atoms with E-state index in [1.165, 1.54) is 84.5 Å². The van der Waals surface area contributed by atoms with Crippen molar-refractivity contribution in [2.75, 3.05) is 38.2 Å². The van der Waals surface area contributed by atoms with Crippen molar-refractivity contribution in [3.8, 4) is 5.75 Å². The second-order valence-electron chi connectivity index (χ2n) is 26.9. The van der Waals surface area contributed by atoms with E-state index in [-0.39, 0.29) is 93.6 Å². The van der Waals surface area contributed by atoms with Crippen LogP contribution in [0.1, 0.15) is 118 Å². The first-order valence-electron chi connectivity index (χ1n) is 34.5. The number of halogens is 2. The molecule has 3 fully saturated rings. The lowest BCUT2D eigenvalue weighted by Gasteiger charge is -2.35. The molecule has 12 atom stereocenters. The van der Waals surface area contributed by atoms with E-state index in [2.05, 4.69) is 46.9 Å². The standard InChI is InChI=1S/C71H91F2N13O13S2/c1-85-60(25-40-10-17-50(87)18-11-40)71(99)86-22-5-9-59(86)61(88)28-46(65(75)93)38-101-37-42-7-4-6-41(24-42)36-100-23-20-62(89)80-54(8-2-3-21-74)66(94)78-35-63(90)81-55(27-45-33-77-53-19-16-48(73)30-52(45)53)67(95)82-56(26-44-13-12-43-14-15-47(72)29-51(43)44)68(96)83-57(32-64(91)92)69(97)84-58(70(85)98)31-49-34-76-39-79-49/h4,6-7,10-11,16-19,24,30,33-34,39,43-44,46-47,51,54-60,77,87H,2-3,5,8-9,12-15,20-23,25-29,31-32,35-38,74H2,1H3,(H2,75,93)(H,76,79)(H,78,94)(H,80,89)(H,81,90)(H,82,95)(H,83,96)(H,84,97)(H,91,92)/t43?,44?,46-,47?,51?,54-,55-,56-,57-,58-,59-,60-/m0/s1. The van der Waals surface area contributed by atoms with Gasteiger partial charge < -0.3 is 73.3 Å². The fourth-order valence-electron chi connectivity index (χ4n) is 14.3. The average molecular weight is 1440 g/mol. The normalized spacial score (nSPS) is 26.5. The van der Waals surface area contributed by atoms with Crippen molar-refractivity contribution in [3.05, 3.63) is 119 Å². The van der Waals surface area contributed by atoms with Gasteiger partial charge in [0.15, 0.2) is 5.78 Å². The van der Waals surface area contributed by atoms with Gasteiger partial charge in [-0.2, -0.15) is 23.5 Å². The van der Waals surface area contributed by atoms with Gasteiger partial charge in [0, 0.05) is 97.7 Å². The molecule has 30 heteroatoms. The van der Waals surface area contributed by atoms with Crippen LogP contribution in [0, 0.1) is 29.5 Å². The number of carbonyl (C=O) groups is 11. The molecule has 26 nitrogen and oxygen atoms in total. The van der Waals surface area contributed by atoms with Gasteiger partial charge in [-0.25, -0.2) is 13.8 Å². The third kappa shape index (κ3) is 21.6. The Morgan fingerprint density at radius 2 is 1.46 bits per heavy atom. The summed E-state index contributed by atoms with van der Waals surface area (Å²) in [5.74, 6) is -10.0. The number of ketones is 1. The Labute approximate surface area is 592 Å². The quantitative estimate of drug-likeness (QED) is 0.0661. The summed E-state index contributed by atoms with van der Waals surface area (Å²) in [5.41, 5.74) is 15.3. The van der Waals surface area contributed by atoms with Crippen molar-refractivity contribution in [1.29, 1.82) is 0 Å². The maximum absolute atomic E-state index is 15.3. The maximum atomic E-state index is 15.3. The number of primary amides is 1. The number of likely N-dealkylation sites (N-methyl/N-ethyl adjacent to an activating group) is 1. The molecular formula is C71H91F2N13O13S2. The Morgan fingerprint density at radius 3 is 2.19 bits per heavy atom. The maximum Gasteiger partial charge on any atom is 0.305 e. The van der Waals surface area contributed by atoms with Gasteiger partial charge in [-0.05, 0) is 148 Å². The SMILES string of the molecule is CN1C(=O)[C@H](Cc2cnc[nH]2)NC(=O)[C@H](CC(=O)O)NC(=O)[C@H](CC2CCC3CCC(F)CC32)NC(=O)[C@H](Cc2c[nH]c3ccc(F)cc23)NC(=O)CNC(=O)[C@H](CCCCN)NC(=O)CCSCc2cccc(c2)CSC[C@@H](C(N)=O)CC(=O)[C@@H]2CCCN2C(=O)[C@@H]1Cc1ccc(O)cc1. The van der Waals surface area contributed by atoms with Gasteiger partial charge in [-0.3, -0.25) is 52.7 Å². The number of thioether (sulfide) groups is 2. The number of aromatic amines is 2. The molecule has 2 saturated carbocycles. The summed E-state index contributed by atoms with van der Waals surface area (Å²) in [5, 5.41) is 37.0. The molecule has 101 heavy (non-hydrogen) atoms. The van der Waals surface area contributed by atoms with Gasteiger partial charge >= 0.3 is 5.97 Å². The zero-order valence-electron chi connectivity index (χ0n) is 56.4. The van der Waals surface area contributed by atoms with Gasteiger partial charge in [0.2, 0.25) is 53.2 Å². The minimum atomic E-state index is -1.97. The number of hydrogen-bond acceptors (Lipinski definition) is 16. The first kappa shape index (κ1) is 76.3. The molecular weight excluding hydrogens is 1340 g/mol. The smallest absolute Gasteiger partial charge is 0.305 e. The molecule has 2 bridgehead atoms. The van der Waals surface area contributed by atoms with Crippen molar-refractivity contribution in [2.45, 2.75) is 169 Å². The number of benzene rings is 3. The summed E-state index contributed by atoms with van der Waals surface area (Å²) in [6.45, 7) is -0.292. The van der Waals surface area contributed by atoms with Crippen LogP contribution in [0.3, 0.4) is 0 Å². The van der Waals surface area contributed by atoms with E-state index in [9.17, 15) is 48.2 Å². The number of rotatable bonds is 15. The third-order valence-electron chi connectivity index (χ3n) is 19.6. The fourth-order valence-corrected chi connectivity index (χ4v) is 16.2. The van der Waals surface area contributed by atoms with E-state index in [4.69, 9.17) is 11.5 Å². The second-order valence-corrected chi connectivity index (χ2v) is 29.0. The van der Waals surface area contributed by atoms with E-state index in [1.54, 1.807) is 12.1 Å². The van der Waals surface area contributed by atoms with Crippen LogP contribution in [0.4, 0.5) is 8.78 Å². The molecule has 5 aromatic rings. The second kappa shape index (κ2) is 36.6. The van der Waals surface area contributed by atoms with Crippen LogP contribution in [-0.4, -0.2) is 187 Å². The summed E-state index contributed by atoms with van der Waals surface area (Å²) in [6, 6.07) is 7.32. The van der Waals surface area contributed by atoms with Crippen LogP contribution in [0.25, 0.3) is 10.9 Å². The molecule has 2 aliphatic carbocycles. The summed E-state index contributed by atoms with van der Waals surface area (Å²) in [4.78, 5) is 170. The topological polar surface area (TPSA) is 403 Å². The predicted octanol–water partition coefficient (Wildman–Crippen LogP) is 3.91. The molecule has 1 saturated heterocycles. The number of carbonyl (C=O) groups excluding carboxylic acids is 10. The number of amides is 9. The lowest BCUT2D eigenvalue weighted by Crippen LogP contribution is -2.61. The van der Waals surface area contributed by atoms with Gasteiger partial charge in [0.1, 0.15) is 54.0 Å². The van der Waals surface area contributed by atoms with E-state index in [1.807, 2.05) is 24.3 Å². The summed E-state index contributed by atoms with van der Waals surface area (Å²) in [6.07, 6.45) is 4.93. The molecule has 14 N–H and O–H groups in total. The molecule has 3 aromatic carbocycles. The highest BCUT2D eigenvalue weighted by Crippen LogP contribution is 2.48. The number of phenols is 1. The summed E-state index contributed by atoms with van der Waals surface area (Å²) < 4.78 is 30.2. The number of aromatic hydroxyl groups is 1. The van der Waals surface area contributed by atoms with Crippen molar-refractivity contribution in [2.24, 2.45) is 35.1 Å². The number of nitrogens with one attached hydrogen (secondary N) is 8. The lowest BCUT2D eigenvalue weighted by atomic mass is 9.75. The van der Waals surface area contributed by atoms with Crippen molar-refractivity contribution < 1.29 is 71.7 Å². The number of aromatic nitrogens is 3. The molecule has 2 aliphatic heterocycles. The van der Waals surface area contributed by atoms with E-state index in [0.29, 0.717) is 96.5 Å². The van der Waals surface area contributed by atoms with Crippen LogP contribution in [0.15, 0.2) is 85.5 Å². The van der Waals surface area contributed by atoms with Crippen LogP contribution in [0.5, 0.6) is 5.75 Å². The number of unbranched alkanes of at least 4 members (excludes halogenated alkanes) is 1. The van der Waals surface area contributed by atoms with Gasteiger partial charge in [0.25, 0.3) is 0 Å². The Bertz CT molecular complexity index is 3750. The molecule has 9 amide bonds. The van der Waals surface area contributed by atoms with Crippen LogP contribution >= 0.6 is 23.5 Å². The average Bonchev–Trinajstić information content (AvgIpc) is 1.77. The fraction of sp³-hybridized carbons (Fsp3) is 0.521. The van der Waals surface area contributed by atoms with Gasteiger partial charge in [0.05, 0.1) is 31.3 Å². The summed E-state index contributed by atoms with van der Waals surface area (Å²) in [7, 11) is 1.33. The molecule has 2 aromatic heterocycles. The van der Waals surface area contributed by atoms with E-state index < -0.39 is 138 Å². The molecule has 4 unspecified atom stereocenters. The molecule has 544 valence electrons. The highest BCUT2D eigenvalue weighted by Gasteiger charge is 2.45. The number of H-pyrrole nitrogens is 2. The number of carboxylic acids is 1. The number of hydrogen-bond donors (Lipinski definition) is 12. The first-order valence-corrected chi connectivity index (χ1v) is 36.8. The van der Waals surface area contributed by atoms with Gasteiger partial charge in [-0.15, -0.1) is 0 Å². The Balaban J connectivity index is 1.05. The van der Waals surface area contributed by atoms with Crippen molar-refractivity contribution in [1.82, 2.24) is 56.7 Å². The Hall–Kier alpha value is -8.90. The van der Waals surface area contributed by atoms with E-state index >= 15 is 23.6 Å². The highest BCUT2D eigenvalue weighted by atomic mass is 32.2. The first-order chi connectivity index (χ1) is 48.5. The number of carboxylic acid groups (broad SMARTS) is 1. The minimum Gasteiger partial charge on any atom is -0.508 e. The Morgan fingerprint density at radius 1 is 0.743 bits per heavy atom. The van der Waals surface area contributed by atoms with Crippen LogP contribution < -0.4 is 43.4 Å². The predicted molar refractivity (Wildman–Crippen MR) is 374 cm³/mol. The van der Waals surface area contributed by atoms with Gasteiger partial charge in [-0.1, -0.05) is 36.4 Å². The zero-order valence-corrected chi connectivity index (χ0v) is 58.1. The number of aliphatic carboxylic acids is 1. The number of phenolic OH excluding ortho intramolecular Hbond substituents is 1.